The largest absolute Gasteiger partial charge is 0.346 e. The highest BCUT2D eigenvalue weighted by Crippen LogP contribution is 2.36. The summed E-state index contributed by atoms with van der Waals surface area (Å²) in [7, 11) is 0. The molecule has 0 N–H and O–H groups in total. The van der Waals surface area contributed by atoms with E-state index in [1.54, 1.807) is 22.7 Å². The van der Waals surface area contributed by atoms with Gasteiger partial charge in [-0.3, -0.25) is 0 Å². The van der Waals surface area contributed by atoms with Crippen LogP contribution in [0.25, 0.3) is 10.6 Å². The van der Waals surface area contributed by atoms with Crippen LogP contribution < -0.4 is 4.90 Å². The van der Waals surface area contributed by atoms with Gasteiger partial charge in [0.2, 0.25) is 0 Å². The molecule has 17 heavy (non-hydrogen) atoms. The van der Waals surface area contributed by atoms with Gasteiger partial charge in [-0.25, -0.2) is 4.98 Å². The molecule has 2 aromatic rings. The zero-order valence-electron chi connectivity index (χ0n) is 9.06. The van der Waals surface area contributed by atoms with Gasteiger partial charge in [-0.1, -0.05) is 0 Å². The molecule has 0 radical (unpaired) electrons. The first kappa shape index (κ1) is 12.0. The summed E-state index contributed by atoms with van der Waals surface area (Å²) in [4.78, 5) is 8.38. The van der Waals surface area contributed by atoms with E-state index in [4.69, 9.17) is 4.98 Å². The second-order valence-electron chi connectivity index (χ2n) is 3.71. The van der Waals surface area contributed by atoms with Crippen molar-refractivity contribution in [2.75, 3.05) is 29.5 Å². The van der Waals surface area contributed by atoms with Crippen molar-refractivity contribution in [2.45, 2.75) is 0 Å². The number of hydrogen-bond acceptors (Lipinski definition) is 5. The predicted octanol–water partition coefficient (Wildman–Crippen LogP) is 4.19. The Morgan fingerprint density at radius 2 is 2.06 bits per heavy atom. The predicted molar refractivity (Wildman–Crippen MR) is 82.7 cm³/mol. The lowest BCUT2D eigenvalue weighted by atomic mass is 10.4. The van der Waals surface area contributed by atoms with E-state index in [1.165, 1.54) is 21.5 Å². The summed E-state index contributed by atoms with van der Waals surface area (Å²) in [6, 6.07) is 2.08. The van der Waals surface area contributed by atoms with Gasteiger partial charge in [0.1, 0.15) is 0 Å². The fraction of sp³-hybridized carbons (Fsp3) is 0.364. The van der Waals surface area contributed by atoms with Crippen LogP contribution in [0.4, 0.5) is 5.13 Å². The zero-order valence-corrected chi connectivity index (χ0v) is 13.1. The summed E-state index contributed by atoms with van der Waals surface area (Å²) in [6.45, 7) is 2.26. The van der Waals surface area contributed by atoms with Crippen LogP contribution in [0.1, 0.15) is 0 Å². The number of nitrogens with zero attached hydrogens (tertiary/aromatic N) is 2. The summed E-state index contributed by atoms with van der Waals surface area (Å²) >= 11 is 9.09. The quantitative estimate of drug-likeness (QED) is 0.811. The lowest BCUT2D eigenvalue weighted by Crippen LogP contribution is -2.32. The Kier molecular flexibility index (Phi) is 3.75. The number of thiazole rings is 1. The lowest BCUT2D eigenvalue weighted by molar-refractivity contribution is 0.853. The van der Waals surface area contributed by atoms with Crippen LogP contribution in [0.3, 0.4) is 0 Å². The molecule has 1 aliphatic heterocycles. The van der Waals surface area contributed by atoms with Crippen LogP contribution >= 0.6 is 50.4 Å². The Bertz CT molecular complexity index is 502. The van der Waals surface area contributed by atoms with Crippen LogP contribution in [0.15, 0.2) is 21.3 Å². The molecule has 3 heterocycles. The van der Waals surface area contributed by atoms with Crippen molar-refractivity contribution in [3.05, 3.63) is 21.3 Å². The maximum atomic E-state index is 4.75. The lowest BCUT2D eigenvalue weighted by Gasteiger charge is -2.25. The van der Waals surface area contributed by atoms with Gasteiger partial charge >= 0.3 is 0 Å². The first-order chi connectivity index (χ1) is 8.34. The maximum absolute atomic E-state index is 4.75. The summed E-state index contributed by atoms with van der Waals surface area (Å²) in [5, 5.41) is 5.42. The van der Waals surface area contributed by atoms with E-state index in [2.05, 4.69) is 37.7 Å². The highest BCUT2D eigenvalue weighted by atomic mass is 79.9. The number of thiophene rings is 1. The highest BCUT2D eigenvalue weighted by Gasteiger charge is 2.16. The standard InChI is InChI=1S/C11H11BrN2S3/c12-8-1-4-16-10(8)9-7-17-11(13-9)14-2-5-15-6-3-14/h1,4,7H,2-3,5-6H2. The van der Waals surface area contributed by atoms with Crippen molar-refractivity contribution < 1.29 is 0 Å². The van der Waals surface area contributed by atoms with Crippen molar-refractivity contribution >= 4 is 55.5 Å². The van der Waals surface area contributed by atoms with Gasteiger partial charge in [0.05, 0.1) is 10.6 Å². The third-order valence-corrected chi connectivity index (χ3v) is 6.33. The highest BCUT2D eigenvalue weighted by molar-refractivity contribution is 9.10. The van der Waals surface area contributed by atoms with Crippen LogP contribution in [0.5, 0.6) is 0 Å². The second kappa shape index (κ2) is 5.30. The summed E-state index contributed by atoms with van der Waals surface area (Å²) in [5.41, 5.74) is 1.10. The Balaban J connectivity index is 1.85. The van der Waals surface area contributed by atoms with Gasteiger partial charge in [-0.05, 0) is 27.4 Å². The average molecular weight is 347 g/mol. The molecule has 1 saturated heterocycles. The molecule has 0 saturated carbocycles. The van der Waals surface area contributed by atoms with E-state index in [-0.39, 0.29) is 0 Å². The molecule has 0 bridgehead atoms. The normalized spacial score (nSPS) is 16.4. The molecular formula is C11H11BrN2S3. The molecular weight excluding hydrogens is 336 g/mol. The number of rotatable bonds is 2. The van der Waals surface area contributed by atoms with Crippen LogP contribution in [-0.4, -0.2) is 29.6 Å². The molecule has 1 aliphatic rings. The topological polar surface area (TPSA) is 16.1 Å². The first-order valence-corrected chi connectivity index (χ1v) is 9.07. The van der Waals surface area contributed by atoms with Gasteiger partial charge in [0.25, 0.3) is 0 Å². The monoisotopic (exact) mass is 346 g/mol. The molecule has 6 heteroatoms. The third kappa shape index (κ3) is 2.54. The zero-order chi connectivity index (χ0) is 11.7. The Morgan fingerprint density at radius 3 is 2.76 bits per heavy atom. The third-order valence-electron chi connectivity index (χ3n) is 2.62. The maximum Gasteiger partial charge on any atom is 0.185 e. The molecule has 90 valence electrons. The van der Waals surface area contributed by atoms with E-state index in [1.807, 2.05) is 11.8 Å². The van der Waals surface area contributed by atoms with Crippen molar-refractivity contribution in [1.29, 1.82) is 0 Å². The number of hydrogen-bond donors (Lipinski definition) is 0. The minimum absolute atomic E-state index is 1.10. The molecule has 3 rings (SSSR count). The number of aromatic nitrogens is 1. The van der Waals surface area contributed by atoms with Crippen molar-refractivity contribution in [3.8, 4) is 10.6 Å². The fourth-order valence-electron chi connectivity index (χ4n) is 1.74. The van der Waals surface area contributed by atoms with Crippen molar-refractivity contribution in [3.63, 3.8) is 0 Å². The van der Waals surface area contributed by atoms with Crippen LogP contribution in [0, 0.1) is 0 Å². The van der Waals surface area contributed by atoms with Crippen molar-refractivity contribution in [1.82, 2.24) is 4.98 Å². The number of thioether (sulfide) groups is 1. The van der Waals surface area contributed by atoms with Crippen molar-refractivity contribution in [2.24, 2.45) is 0 Å². The first-order valence-electron chi connectivity index (χ1n) is 5.36. The van der Waals surface area contributed by atoms with Gasteiger partial charge in [0, 0.05) is 34.4 Å². The van der Waals surface area contributed by atoms with E-state index in [9.17, 15) is 0 Å². The number of halogens is 1. The Hall–Kier alpha value is -0.0400. The molecule has 1 fully saturated rings. The Labute approximate surface area is 121 Å². The minimum atomic E-state index is 1.10. The van der Waals surface area contributed by atoms with E-state index in [0.29, 0.717) is 0 Å². The van der Waals surface area contributed by atoms with Gasteiger partial charge in [-0.2, -0.15) is 11.8 Å². The molecule has 0 aliphatic carbocycles. The summed E-state index contributed by atoms with van der Waals surface area (Å²) in [5.74, 6) is 2.44. The molecule has 0 unspecified atom stereocenters. The molecule has 2 nitrogen and oxygen atoms in total. The molecule has 0 amide bonds. The molecule has 0 aromatic carbocycles. The SMILES string of the molecule is Brc1ccsc1-c1csc(N2CCSCC2)n1. The van der Waals surface area contributed by atoms with E-state index in [0.717, 1.165) is 23.3 Å². The fourth-order valence-corrected chi connectivity index (χ4v) is 5.13. The second-order valence-corrected chi connectivity index (χ2v) is 7.54. The van der Waals surface area contributed by atoms with E-state index >= 15 is 0 Å². The minimum Gasteiger partial charge on any atom is -0.346 e. The van der Waals surface area contributed by atoms with Crippen LogP contribution in [-0.2, 0) is 0 Å². The average Bonchev–Trinajstić information content (AvgIpc) is 2.98. The van der Waals surface area contributed by atoms with E-state index < -0.39 is 0 Å². The molecule has 0 spiro atoms. The summed E-state index contributed by atoms with van der Waals surface area (Å²) in [6.07, 6.45) is 0. The van der Waals surface area contributed by atoms with Gasteiger partial charge in [-0.15, -0.1) is 22.7 Å². The molecule has 0 atom stereocenters. The summed E-state index contributed by atoms with van der Waals surface area (Å²) < 4.78 is 1.15. The number of anilines is 1. The smallest absolute Gasteiger partial charge is 0.185 e. The Morgan fingerprint density at radius 1 is 1.24 bits per heavy atom. The van der Waals surface area contributed by atoms with Gasteiger partial charge in [0.15, 0.2) is 5.13 Å². The molecule has 2 aromatic heterocycles. The van der Waals surface area contributed by atoms with Crippen LogP contribution in [0.2, 0.25) is 0 Å². The van der Waals surface area contributed by atoms with Gasteiger partial charge < -0.3 is 4.90 Å².